The van der Waals surface area contributed by atoms with Crippen molar-refractivity contribution in [2.75, 3.05) is 12.3 Å². The Hall–Kier alpha value is -0.670. The molecule has 0 fully saturated rings. The Bertz CT molecular complexity index is 138. The van der Waals surface area contributed by atoms with Crippen LogP contribution in [0.3, 0.4) is 0 Å². The summed E-state index contributed by atoms with van der Waals surface area (Å²) in [4.78, 5) is 2.53. The molecular weight excluding hydrogens is 136 g/mol. The number of thioether (sulfide) groups is 1. The first-order valence-corrected chi connectivity index (χ1v) is 3.51. The van der Waals surface area contributed by atoms with Gasteiger partial charge in [0.25, 0.3) is 0 Å². The molecule has 0 saturated heterocycles. The van der Waals surface area contributed by atoms with Crippen molar-refractivity contribution in [1.29, 1.82) is 5.41 Å². The summed E-state index contributed by atoms with van der Waals surface area (Å²) in [5.74, 6) is 0.861. The van der Waals surface area contributed by atoms with E-state index in [4.69, 9.17) is 10.9 Å². The van der Waals surface area contributed by atoms with Crippen LogP contribution in [0.15, 0.2) is 5.11 Å². The largest absolute Gasteiger partial charge is 0.298 e. The maximum Gasteiger partial charge on any atom is 0.0738 e. The normalized spacial score (nSPS) is 8.11. The molecule has 0 radical (unpaired) electrons. The fraction of sp³-hybridized carbons (Fsp3) is 0.750. The van der Waals surface area contributed by atoms with Crippen molar-refractivity contribution < 1.29 is 0 Å². The Kier molecular flexibility index (Phi) is 5.06. The second-order valence-corrected chi connectivity index (χ2v) is 2.60. The van der Waals surface area contributed by atoms with Gasteiger partial charge >= 0.3 is 0 Å². The van der Waals surface area contributed by atoms with Crippen LogP contribution in [-0.2, 0) is 0 Å². The zero-order chi connectivity index (χ0) is 7.11. The number of hydrogen-bond donors (Lipinski definition) is 1. The van der Waals surface area contributed by atoms with E-state index in [0.29, 0.717) is 5.04 Å². The zero-order valence-electron chi connectivity index (χ0n) is 5.16. The van der Waals surface area contributed by atoms with Crippen molar-refractivity contribution in [2.45, 2.75) is 6.92 Å². The van der Waals surface area contributed by atoms with Crippen LogP contribution in [0.5, 0.6) is 0 Å². The predicted octanol–water partition coefficient (Wildman–Crippen LogP) is 2.03. The molecular formula is C4H8N4S. The summed E-state index contributed by atoms with van der Waals surface area (Å²) in [6.45, 7) is 2.14. The fourth-order valence-electron chi connectivity index (χ4n) is 0.316. The van der Waals surface area contributed by atoms with Crippen LogP contribution in [-0.4, -0.2) is 17.3 Å². The van der Waals surface area contributed by atoms with E-state index in [1.54, 1.807) is 0 Å². The van der Waals surface area contributed by atoms with Gasteiger partial charge in [0, 0.05) is 4.91 Å². The molecule has 0 bridgehead atoms. The Labute approximate surface area is 57.8 Å². The molecule has 0 spiro atoms. The topological polar surface area (TPSA) is 72.6 Å². The molecule has 0 aromatic carbocycles. The molecule has 0 heterocycles. The summed E-state index contributed by atoms with van der Waals surface area (Å²) in [6, 6.07) is 0. The third kappa shape index (κ3) is 5.20. The third-order valence-electron chi connectivity index (χ3n) is 0.596. The molecule has 0 amide bonds. The molecule has 1 N–H and O–H groups in total. The predicted molar refractivity (Wildman–Crippen MR) is 39.9 cm³/mol. The number of rotatable bonds is 3. The van der Waals surface area contributed by atoms with Gasteiger partial charge in [-0.05, 0) is 11.3 Å². The minimum Gasteiger partial charge on any atom is -0.298 e. The van der Waals surface area contributed by atoms with Crippen LogP contribution in [0.25, 0.3) is 10.4 Å². The van der Waals surface area contributed by atoms with Gasteiger partial charge in [0.05, 0.1) is 11.6 Å². The van der Waals surface area contributed by atoms with Crippen molar-refractivity contribution >= 4 is 16.8 Å². The molecule has 0 aliphatic heterocycles. The highest BCUT2D eigenvalue weighted by Crippen LogP contribution is 2.00. The maximum absolute atomic E-state index is 7.84. The van der Waals surface area contributed by atoms with Crippen LogP contribution in [0.1, 0.15) is 6.92 Å². The van der Waals surface area contributed by atoms with E-state index in [1.165, 1.54) is 11.8 Å². The van der Waals surface area contributed by atoms with E-state index in [0.717, 1.165) is 5.75 Å². The van der Waals surface area contributed by atoms with Crippen molar-refractivity contribution in [2.24, 2.45) is 5.11 Å². The number of nitrogens with zero attached hydrogens (tertiary/aromatic N) is 3. The Morgan fingerprint density at radius 3 is 3.00 bits per heavy atom. The molecule has 0 unspecified atom stereocenters. The van der Waals surface area contributed by atoms with Gasteiger partial charge in [-0.2, -0.15) is 0 Å². The van der Waals surface area contributed by atoms with Crippen LogP contribution >= 0.6 is 11.8 Å². The van der Waals surface area contributed by atoms with Crippen LogP contribution in [0, 0.1) is 5.41 Å². The SMILES string of the molecule is CCSC(=N)CN=[N+]=[N-]. The van der Waals surface area contributed by atoms with Crippen LogP contribution in [0.4, 0.5) is 0 Å². The molecule has 0 aromatic rings. The first-order valence-electron chi connectivity index (χ1n) is 2.52. The van der Waals surface area contributed by atoms with Gasteiger partial charge < -0.3 is 0 Å². The fourth-order valence-corrected chi connectivity index (χ4v) is 0.813. The summed E-state index contributed by atoms with van der Waals surface area (Å²) in [5.41, 5.74) is 7.84. The highest BCUT2D eigenvalue weighted by atomic mass is 32.2. The first kappa shape index (κ1) is 8.33. The summed E-state index contributed by atoms with van der Waals surface area (Å²) in [5, 5.41) is 10.7. The minimum absolute atomic E-state index is 0.189. The Morgan fingerprint density at radius 2 is 2.56 bits per heavy atom. The van der Waals surface area contributed by atoms with Gasteiger partial charge in [0.2, 0.25) is 0 Å². The Morgan fingerprint density at radius 1 is 1.89 bits per heavy atom. The van der Waals surface area contributed by atoms with Crippen molar-refractivity contribution in [1.82, 2.24) is 0 Å². The minimum atomic E-state index is 0.189. The smallest absolute Gasteiger partial charge is 0.0738 e. The maximum atomic E-state index is 7.84. The molecule has 0 aliphatic carbocycles. The van der Waals surface area contributed by atoms with Gasteiger partial charge in [-0.3, -0.25) is 5.41 Å². The van der Waals surface area contributed by atoms with Gasteiger partial charge in [-0.1, -0.05) is 12.0 Å². The average Bonchev–Trinajstić information content (AvgIpc) is 1.85. The zero-order valence-corrected chi connectivity index (χ0v) is 5.98. The van der Waals surface area contributed by atoms with Gasteiger partial charge in [0.1, 0.15) is 0 Å². The van der Waals surface area contributed by atoms with E-state index in [1.807, 2.05) is 6.92 Å². The van der Waals surface area contributed by atoms with Crippen molar-refractivity contribution in [3.63, 3.8) is 0 Å². The molecule has 0 saturated carbocycles. The highest BCUT2D eigenvalue weighted by Gasteiger charge is 1.90. The van der Waals surface area contributed by atoms with E-state index in [9.17, 15) is 0 Å². The molecule has 0 aromatic heterocycles. The quantitative estimate of drug-likeness (QED) is 0.212. The van der Waals surface area contributed by atoms with Gasteiger partial charge in [-0.15, -0.1) is 11.8 Å². The lowest BCUT2D eigenvalue weighted by atomic mass is 10.7. The van der Waals surface area contributed by atoms with Gasteiger partial charge in [0.15, 0.2) is 0 Å². The van der Waals surface area contributed by atoms with E-state index in [-0.39, 0.29) is 6.54 Å². The first-order chi connectivity index (χ1) is 4.31. The lowest BCUT2D eigenvalue weighted by molar-refractivity contribution is 1.26. The second-order valence-electron chi connectivity index (χ2n) is 1.25. The lowest BCUT2D eigenvalue weighted by Crippen LogP contribution is -1.93. The molecule has 0 aliphatic rings. The van der Waals surface area contributed by atoms with Crippen molar-refractivity contribution in [3.8, 4) is 0 Å². The molecule has 4 nitrogen and oxygen atoms in total. The number of hydrogen-bond acceptors (Lipinski definition) is 3. The van der Waals surface area contributed by atoms with E-state index >= 15 is 0 Å². The highest BCUT2D eigenvalue weighted by molar-refractivity contribution is 8.13. The monoisotopic (exact) mass is 144 g/mol. The van der Waals surface area contributed by atoms with Crippen LogP contribution < -0.4 is 0 Å². The molecule has 5 heteroatoms. The number of azide groups is 1. The summed E-state index contributed by atoms with van der Waals surface area (Å²) in [6.07, 6.45) is 0. The lowest BCUT2D eigenvalue weighted by Gasteiger charge is -1.92. The second kappa shape index (κ2) is 5.47. The molecule has 50 valence electrons. The van der Waals surface area contributed by atoms with Gasteiger partial charge in [-0.25, -0.2) is 0 Å². The summed E-state index contributed by atoms with van der Waals surface area (Å²) < 4.78 is 0. The molecule has 9 heavy (non-hydrogen) atoms. The van der Waals surface area contributed by atoms with Crippen molar-refractivity contribution in [3.05, 3.63) is 10.4 Å². The molecule has 0 atom stereocenters. The average molecular weight is 144 g/mol. The summed E-state index contributed by atoms with van der Waals surface area (Å²) in [7, 11) is 0. The van der Waals surface area contributed by atoms with E-state index in [2.05, 4.69) is 10.0 Å². The Balaban J connectivity index is 3.38. The summed E-state index contributed by atoms with van der Waals surface area (Å²) >= 11 is 1.39. The van der Waals surface area contributed by atoms with E-state index < -0.39 is 0 Å². The molecule has 0 rings (SSSR count). The standard InChI is InChI=1S/C4H8N4S/c1-2-9-4(5)3-7-8-6/h5H,2-3H2,1H3. The third-order valence-corrected chi connectivity index (χ3v) is 1.36. The number of nitrogens with one attached hydrogen (secondary N) is 1. The van der Waals surface area contributed by atoms with Crippen LogP contribution in [0.2, 0.25) is 0 Å².